The number of amides is 1. The van der Waals surface area contributed by atoms with Crippen molar-refractivity contribution < 1.29 is 19.1 Å². The fraction of sp³-hybridized carbons (Fsp3) is 0.250. The van der Waals surface area contributed by atoms with Crippen molar-refractivity contribution in [2.24, 2.45) is 0 Å². The molecule has 5 heteroatoms. The SMILES string of the molecule is CCCN(Cc1ccccc1)C(=O)c1cc(C(=O)O)co1. The van der Waals surface area contributed by atoms with Crippen LogP contribution in [0.1, 0.15) is 39.8 Å². The van der Waals surface area contributed by atoms with Crippen molar-refractivity contribution in [1.29, 1.82) is 0 Å². The van der Waals surface area contributed by atoms with E-state index < -0.39 is 5.97 Å². The summed E-state index contributed by atoms with van der Waals surface area (Å²) in [5.41, 5.74) is 0.999. The maximum atomic E-state index is 12.4. The molecule has 1 N–H and O–H groups in total. The summed E-state index contributed by atoms with van der Waals surface area (Å²) >= 11 is 0. The first-order valence-electron chi connectivity index (χ1n) is 6.77. The van der Waals surface area contributed by atoms with Gasteiger partial charge in [0.2, 0.25) is 0 Å². The summed E-state index contributed by atoms with van der Waals surface area (Å²) in [7, 11) is 0. The Labute approximate surface area is 122 Å². The molecular weight excluding hydrogens is 270 g/mol. The summed E-state index contributed by atoms with van der Waals surface area (Å²) in [4.78, 5) is 24.9. The Balaban J connectivity index is 2.16. The second-order valence-corrected chi connectivity index (χ2v) is 4.72. The van der Waals surface area contributed by atoms with Gasteiger partial charge in [0.25, 0.3) is 5.91 Å². The summed E-state index contributed by atoms with van der Waals surface area (Å²) in [6.07, 6.45) is 1.90. The van der Waals surface area contributed by atoms with Gasteiger partial charge < -0.3 is 14.4 Å². The third-order valence-corrected chi connectivity index (χ3v) is 3.05. The van der Waals surface area contributed by atoms with Crippen molar-refractivity contribution in [3.05, 3.63) is 59.5 Å². The summed E-state index contributed by atoms with van der Waals surface area (Å²) in [6, 6.07) is 10.9. The van der Waals surface area contributed by atoms with E-state index in [1.54, 1.807) is 4.90 Å². The van der Waals surface area contributed by atoms with E-state index in [0.717, 1.165) is 18.2 Å². The van der Waals surface area contributed by atoms with Crippen LogP contribution in [-0.4, -0.2) is 28.4 Å². The molecule has 21 heavy (non-hydrogen) atoms. The first-order chi connectivity index (χ1) is 10.1. The lowest BCUT2D eigenvalue weighted by molar-refractivity contribution is 0.0692. The molecule has 0 aliphatic rings. The van der Waals surface area contributed by atoms with Gasteiger partial charge in [-0.2, -0.15) is 0 Å². The maximum absolute atomic E-state index is 12.4. The minimum atomic E-state index is -1.11. The van der Waals surface area contributed by atoms with Crippen LogP contribution in [-0.2, 0) is 6.54 Å². The molecule has 1 heterocycles. The predicted octanol–water partition coefficient (Wildman–Crippen LogP) is 3.03. The Morgan fingerprint density at radius 3 is 2.52 bits per heavy atom. The van der Waals surface area contributed by atoms with Crippen LogP contribution < -0.4 is 0 Å². The third kappa shape index (κ3) is 3.72. The summed E-state index contributed by atoms with van der Waals surface area (Å²) in [5, 5.41) is 8.87. The van der Waals surface area contributed by atoms with Crippen LogP contribution in [0.15, 0.2) is 47.1 Å². The number of carbonyl (C=O) groups is 2. The van der Waals surface area contributed by atoms with Crippen molar-refractivity contribution in [3.8, 4) is 0 Å². The van der Waals surface area contributed by atoms with Crippen molar-refractivity contribution in [2.45, 2.75) is 19.9 Å². The van der Waals surface area contributed by atoms with Crippen LogP contribution in [0.3, 0.4) is 0 Å². The molecule has 0 unspecified atom stereocenters. The molecule has 0 fully saturated rings. The van der Waals surface area contributed by atoms with E-state index in [1.165, 1.54) is 6.07 Å². The second kappa shape index (κ2) is 6.74. The van der Waals surface area contributed by atoms with Gasteiger partial charge >= 0.3 is 5.97 Å². The standard InChI is InChI=1S/C16H17NO4/c1-2-8-17(10-12-6-4-3-5-7-12)15(18)14-9-13(11-21-14)16(19)20/h3-7,9,11H,2,8,10H2,1H3,(H,19,20). The van der Waals surface area contributed by atoms with E-state index in [9.17, 15) is 9.59 Å². The number of rotatable bonds is 6. The molecule has 0 radical (unpaired) electrons. The highest BCUT2D eigenvalue weighted by molar-refractivity contribution is 5.95. The Morgan fingerprint density at radius 1 is 1.24 bits per heavy atom. The van der Waals surface area contributed by atoms with Crippen molar-refractivity contribution in [1.82, 2.24) is 4.90 Å². The van der Waals surface area contributed by atoms with Crippen molar-refractivity contribution >= 4 is 11.9 Å². The zero-order valence-corrected chi connectivity index (χ0v) is 11.8. The molecule has 0 spiro atoms. The highest BCUT2D eigenvalue weighted by Crippen LogP contribution is 2.14. The predicted molar refractivity (Wildman–Crippen MR) is 77.1 cm³/mol. The highest BCUT2D eigenvalue weighted by Gasteiger charge is 2.20. The van der Waals surface area contributed by atoms with Crippen LogP contribution >= 0.6 is 0 Å². The van der Waals surface area contributed by atoms with E-state index in [4.69, 9.17) is 9.52 Å². The Kier molecular flexibility index (Phi) is 4.77. The number of hydrogen-bond donors (Lipinski definition) is 1. The van der Waals surface area contributed by atoms with Gasteiger partial charge in [-0.1, -0.05) is 37.3 Å². The topological polar surface area (TPSA) is 70.8 Å². The monoisotopic (exact) mass is 287 g/mol. The van der Waals surface area contributed by atoms with Gasteiger partial charge in [0.15, 0.2) is 5.76 Å². The van der Waals surface area contributed by atoms with E-state index in [-0.39, 0.29) is 17.2 Å². The molecule has 0 atom stereocenters. The average molecular weight is 287 g/mol. The first-order valence-corrected chi connectivity index (χ1v) is 6.77. The second-order valence-electron chi connectivity index (χ2n) is 4.72. The van der Waals surface area contributed by atoms with E-state index >= 15 is 0 Å². The van der Waals surface area contributed by atoms with Crippen LogP contribution in [0.2, 0.25) is 0 Å². The quantitative estimate of drug-likeness (QED) is 0.886. The van der Waals surface area contributed by atoms with Crippen LogP contribution in [0.25, 0.3) is 0 Å². The lowest BCUT2D eigenvalue weighted by Gasteiger charge is -2.21. The Morgan fingerprint density at radius 2 is 1.95 bits per heavy atom. The smallest absolute Gasteiger partial charge is 0.338 e. The number of aromatic carboxylic acids is 1. The van der Waals surface area contributed by atoms with Crippen molar-refractivity contribution in [2.75, 3.05) is 6.54 Å². The van der Waals surface area contributed by atoms with Gasteiger partial charge in [-0.05, 0) is 12.0 Å². The molecule has 1 aromatic heterocycles. The summed E-state index contributed by atoms with van der Waals surface area (Å²) < 4.78 is 5.08. The number of benzene rings is 1. The number of carboxylic acids is 1. The molecule has 1 aromatic carbocycles. The summed E-state index contributed by atoms with van der Waals surface area (Å²) in [5.74, 6) is -1.35. The fourth-order valence-electron chi connectivity index (χ4n) is 2.04. The minimum Gasteiger partial charge on any atom is -0.478 e. The molecule has 5 nitrogen and oxygen atoms in total. The van der Waals surface area contributed by atoms with Gasteiger partial charge in [-0.3, -0.25) is 4.79 Å². The lowest BCUT2D eigenvalue weighted by atomic mass is 10.2. The normalized spacial score (nSPS) is 10.3. The largest absolute Gasteiger partial charge is 0.478 e. The number of nitrogens with zero attached hydrogens (tertiary/aromatic N) is 1. The molecule has 0 saturated carbocycles. The molecule has 2 aromatic rings. The van der Waals surface area contributed by atoms with Crippen LogP contribution in [0, 0.1) is 0 Å². The zero-order chi connectivity index (χ0) is 15.2. The van der Waals surface area contributed by atoms with Gasteiger partial charge in [-0.25, -0.2) is 4.79 Å². The number of carbonyl (C=O) groups excluding carboxylic acids is 1. The maximum Gasteiger partial charge on any atom is 0.338 e. The van der Waals surface area contributed by atoms with Gasteiger partial charge in [0, 0.05) is 19.2 Å². The molecule has 0 aliphatic heterocycles. The highest BCUT2D eigenvalue weighted by atomic mass is 16.4. The van der Waals surface area contributed by atoms with Gasteiger partial charge in [0.1, 0.15) is 6.26 Å². The number of hydrogen-bond acceptors (Lipinski definition) is 3. The molecule has 2 rings (SSSR count). The molecule has 110 valence electrons. The summed E-state index contributed by atoms with van der Waals surface area (Å²) in [6.45, 7) is 3.03. The number of carboxylic acid groups (broad SMARTS) is 1. The van der Waals surface area contributed by atoms with Crippen LogP contribution in [0.5, 0.6) is 0 Å². The molecule has 0 saturated heterocycles. The lowest BCUT2D eigenvalue weighted by Crippen LogP contribution is -2.31. The average Bonchev–Trinajstić information content (AvgIpc) is 2.97. The fourth-order valence-corrected chi connectivity index (χ4v) is 2.04. The van der Waals surface area contributed by atoms with Crippen LogP contribution in [0.4, 0.5) is 0 Å². The van der Waals surface area contributed by atoms with Gasteiger partial charge in [0.05, 0.1) is 5.56 Å². The number of furan rings is 1. The molecule has 0 bridgehead atoms. The first kappa shape index (κ1) is 14.8. The molecule has 0 aliphatic carbocycles. The Hall–Kier alpha value is -2.56. The van der Waals surface area contributed by atoms with E-state index in [0.29, 0.717) is 13.1 Å². The van der Waals surface area contributed by atoms with E-state index in [2.05, 4.69) is 0 Å². The van der Waals surface area contributed by atoms with Gasteiger partial charge in [-0.15, -0.1) is 0 Å². The third-order valence-electron chi connectivity index (χ3n) is 3.05. The zero-order valence-electron chi connectivity index (χ0n) is 11.8. The van der Waals surface area contributed by atoms with E-state index in [1.807, 2.05) is 37.3 Å². The Bertz CT molecular complexity index is 618. The molecule has 1 amide bonds. The molecular formula is C16H17NO4. The van der Waals surface area contributed by atoms with Crippen molar-refractivity contribution in [3.63, 3.8) is 0 Å². The minimum absolute atomic E-state index is 0.0190.